The van der Waals surface area contributed by atoms with E-state index in [-0.39, 0.29) is 24.9 Å². The molecule has 0 spiro atoms. The van der Waals surface area contributed by atoms with Crippen LogP contribution in [0.5, 0.6) is 0 Å². The lowest BCUT2D eigenvalue weighted by Gasteiger charge is -2.19. The second kappa shape index (κ2) is 6.59. The molecule has 0 saturated heterocycles. The highest BCUT2D eigenvalue weighted by molar-refractivity contribution is 5.76. The molecule has 1 saturated carbocycles. The van der Waals surface area contributed by atoms with Gasteiger partial charge in [-0.1, -0.05) is 0 Å². The van der Waals surface area contributed by atoms with E-state index in [1.165, 1.54) is 0 Å². The van der Waals surface area contributed by atoms with Gasteiger partial charge in [-0.3, -0.25) is 9.59 Å². The molecule has 0 radical (unpaired) electrons. The third kappa shape index (κ3) is 3.70. The topological polar surface area (TPSA) is 72.8 Å². The molecule has 1 fully saturated rings. The van der Waals surface area contributed by atoms with E-state index in [2.05, 4.69) is 0 Å². The number of aliphatic hydroxyl groups excluding tert-OH is 1. The molecule has 5 heteroatoms. The molecule has 0 heterocycles. The minimum Gasteiger partial charge on any atom is -0.466 e. The molecule has 0 aromatic rings. The molecule has 1 N–H and O–H groups in total. The van der Waals surface area contributed by atoms with Crippen molar-refractivity contribution in [2.75, 3.05) is 13.2 Å². The van der Waals surface area contributed by atoms with Crippen molar-refractivity contribution in [2.24, 2.45) is 11.8 Å². The monoisotopic (exact) mass is 244 g/mol. The van der Waals surface area contributed by atoms with Gasteiger partial charge >= 0.3 is 11.9 Å². The fourth-order valence-corrected chi connectivity index (χ4v) is 2.31. The Morgan fingerprint density at radius 2 is 1.82 bits per heavy atom. The third-order valence-electron chi connectivity index (χ3n) is 3.05. The first-order chi connectivity index (χ1) is 8.10. The number of carbonyl (C=O) groups is 2. The van der Waals surface area contributed by atoms with Gasteiger partial charge < -0.3 is 14.6 Å². The molecule has 5 nitrogen and oxygen atoms in total. The molecule has 0 aliphatic heterocycles. The lowest BCUT2D eigenvalue weighted by molar-refractivity contribution is -0.154. The van der Waals surface area contributed by atoms with Gasteiger partial charge in [-0.2, -0.15) is 0 Å². The molecule has 1 aliphatic rings. The molecule has 0 bridgehead atoms. The Balaban J connectivity index is 2.58. The number of ether oxygens (including phenoxy) is 2. The summed E-state index contributed by atoms with van der Waals surface area (Å²) in [5.41, 5.74) is 0. The van der Waals surface area contributed by atoms with E-state index in [1.54, 1.807) is 13.8 Å². The zero-order chi connectivity index (χ0) is 12.8. The van der Waals surface area contributed by atoms with Crippen molar-refractivity contribution < 1.29 is 24.2 Å². The number of rotatable bonds is 5. The Hall–Kier alpha value is -1.10. The number of hydrogen-bond donors (Lipinski definition) is 1. The van der Waals surface area contributed by atoms with Crippen molar-refractivity contribution in [2.45, 2.75) is 39.2 Å². The highest BCUT2D eigenvalue weighted by Gasteiger charge is 2.42. The molecular weight excluding hydrogens is 224 g/mol. The molecule has 0 aromatic heterocycles. The molecule has 1 rings (SSSR count). The zero-order valence-electron chi connectivity index (χ0n) is 10.3. The van der Waals surface area contributed by atoms with Crippen LogP contribution in [-0.2, 0) is 19.1 Å². The molecule has 1 aliphatic carbocycles. The summed E-state index contributed by atoms with van der Waals surface area (Å²) in [6.07, 6.45) is 0.666. The SMILES string of the molecule is CCOC(=O)C[C@H]1CC[C@H](O)[C@@H]1C(=O)OCC. The van der Waals surface area contributed by atoms with Crippen molar-refractivity contribution in [1.82, 2.24) is 0 Å². The van der Waals surface area contributed by atoms with Gasteiger partial charge in [0.1, 0.15) is 0 Å². The van der Waals surface area contributed by atoms with Gasteiger partial charge in [0, 0.05) is 6.42 Å². The summed E-state index contributed by atoms with van der Waals surface area (Å²) < 4.78 is 9.77. The highest BCUT2D eigenvalue weighted by Crippen LogP contribution is 2.35. The van der Waals surface area contributed by atoms with Crippen molar-refractivity contribution in [3.8, 4) is 0 Å². The standard InChI is InChI=1S/C12H20O5/c1-3-16-10(14)7-8-5-6-9(13)11(8)12(15)17-4-2/h8-9,11,13H,3-7H2,1-2H3/t8-,9+,11-/m1/s1. The predicted octanol–water partition coefficient (Wildman–Crippen LogP) is 0.890. The van der Waals surface area contributed by atoms with E-state index in [0.29, 0.717) is 19.4 Å². The number of aliphatic hydroxyl groups is 1. The summed E-state index contributed by atoms with van der Waals surface area (Å²) in [4.78, 5) is 23.0. The van der Waals surface area contributed by atoms with Crippen molar-refractivity contribution in [1.29, 1.82) is 0 Å². The van der Waals surface area contributed by atoms with E-state index < -0.39 is 18.0 Å². The molecule has 17 heavy (non-hydrogen) atoms. The lowest BCUT2D eigenvalue weighted by atomic mass is 9.92. The molecule has 98 valence electrons. The van der Waals surface area contributed by atoms with Crippen LogP contribution in [0.1, 0.15) is 33.1 Å². The minimum atomic E-state index is -0.700. The van der Waals surface area contributed by atoms with E-state index in [4.69, 9.17) is 9.47 Å². The van der Waals surface area contributed by atoms with Crippen LogP contribution in [0.25, 0.3) is 0 Å². The first kappa shape index (κ1) is 14.0. The van der Waals surface area contributed by atoms with Gasteiger partial charge in [0.2, 0.25) is 0 Å². The van der Waals surface area contributed by atoms with Crippen LogP contribution in [0.15, 0.2) is 0 Å². The fraction of sp³-hybridized carbons (Fsp3) is 0.833. The van der Waals surface area contributed by atoms with Crippen LogP contribution in [0, 0.1) is 11.8 Å². The quantitative estimate of drug-likeness (QED) is 0.727. The van der Waals surface area contributed by atoms with Crippen LogP contribution in [0.3, 0.4) is 0 Å². The molecule has 3 atom stereocenters. The Morgan fingerprint density at radius 1 is 1.18 bits per heavy atom. The highest BCUT2D eigenvalue weighted by atomic mass is 16.5. The fourth-order valence-electron chi connectivity index (χ4n) is 2.31. The number of esters is 2. The maximum atomic E-state index is 11.7. The van der Waals surface area contributed by atoms with E-state index in [1.807, 2.05) is 0 Å². The van der Waals surface area contributed by atoms with Crippen LogP contribution >= 0.6 is 0 Å². The number of carbonyl (C=O) groups excluding carboxylic acids is 2. The van der Waals surface area contributed by atoms with Crippen molar-refractivity contribution in [3.05, 3.63) is 0 Å². The van der Waals surface area contributed by atoms with Crippen molar-refractivity contribution >= 4 is 11.9 Å². The largest absolute Gasteiger partial charge is 0.466 e. The van der Waals surface area contributed by atoms with Crippen LogP contribution in [0.4, 0.5) is 0 Å². The predicted molar refractivity (Wildman–Crippen MR) is 60.1 cm³/mol. The van der Waals surface area contributed by atoms with Crippen molar-refractivity contribution in [3.63, 3.8) is 0 Å². The Kier molecular flexibility index (Phi) is 5.41. The summed E-state index contributed by atoms with van der Waals surface area (Å²) in [7, 11) is 0. The first-order valence-corrected chi connectivity index (χ1v) is 6.10. The Labute approximate surface area is 101 Å². The van der Waals surface area contributed by atoms with E-state index in [0.717, 1.165) is 0 Å². The third-order valence-corrected chi connectivity index (χ3v) is 3.05. The summed E-state index contributed by atoms with van der Waals surface area (Å²) >= 11 is 0. The molecule has 0 amide bonds. The Morgan fingerprint density at radius 3 is 2.41 bits per heavy atom. The van der Waals surface area contributed by atoms with Gasteiger partial charge in [-0.25, -0.2) is 0 Å². The first-order valence-electron chi connectivity index (χ1n) is 6.10. The zero-order valence-corrected chi connectivity index (χ0v) is 10.3. The van der Waals surface area contributed by atoms with Crippen LogP contribution in [0.2, 0.25) is 0 Å². The number of hydrogen-bond acceptors (Lipinski definition) is 5. The van der Waals surface area contributed by atoms with E-state index >= 15 is 0 Å². The minimum absolute atomic E-state index is 0.164. The smallest absolute Gasteiger partial charge is 0.311 e. The maximum Gasteiger partial charge on any atom is 0.311 e. The molecular formula is C12H20O5. The molecule has 0 aromatic carbocycles. The second-order valence-corrected chi connectivity index (χ2v) is 4.19. The van der Waals surface area contributed by atoms with E-state index in [9.17, 15) is 14.7 Å². The molecule has 0 unspecified atom stereocenters. The van der Waals surface area contributed by atoms with Crippen LogP contribution in [-0.4, -0.2) is 36.4 Å². The summed E-state index contributed by atoms with van der Waals surface area (Å²) in [5, 5.41) is 9.75. The van der Waals surface area contributed by atoms with Gasteiger partial charge in [0.05, 0.1) is 25.2 Å². The average Bonchev–Trinajstić information content (AvgIpc) is 2.60. The summed E-state index contributed by atoms with van der Waals surface area (Å²) in [6, 6.07) is 0. The van der Waals surface area contributed by atoms with Gasteiger partial charge in [0.15, 0.2) is 0 Å². The van der Waals surface area contributed by atoms with Gasteiger partial charge in [-0.15, -0.1) is 0 Å². The average molecular weight is 244 g/mol. The normalized spacial score (nSPS) is 27.8. The maximum absolute atomic E-state index is 11.7. The van der Waals surface area contributed by atoms with Crippen LogP contribution < -0.4 is 0 Å². The van der Waals surface area contributed by atoms with Gasteiger partial charge in [0.25, 0.3) is 0 Å². The second-order valence-electron chi connectivity index (χ2n) is 4.19. The van der Waals surface area contributed by atoms with Gasteiger partial charge in [-0.05, 0) is 32.6 Å². The Bertz CT molecular complexity index is 276. The summed E-state index contributed by atoms with van der Waals surface area (Å²) in [5.74, 6) is -1.48. The summed E-state index contributed by atoms with van der Waals surface area (Å²) in [6.45, 7) is 4.08. The lowest BCUT2D eigenvalue weighted by Crippen LogP contribution is -2.31.